The summed E-state index contributed by atoms with van der Waals surface area (Å²) < 4.78 is 11.6. The average Bonchev–Trinajstić information content (AvgIpc) is 3.09. The fraction of sp³-hybridized carbons (Fsp3) is 0.531. The van der Waals surface area contributed by atoms with E-state index in [0.717, 1.165) is 22.3 Å². The third-order valence-corrected chi connectivity index (χ3v) is 7.59. The maximum absolute atomic E-state index is 13.7. The van der Waals surface area contributed by atoms with E-state index in [0.29, 0.717) is 32.4 Å². The summed E-state index contributed by atoms with van der Waals surface area (Å²) in [7, 11) is 0. The molecule has 8 nitrogen and oxygen atoms in total. The number of nitrogens with zero attached hydrogens (tertiary/aromatic N) is 2. The maximum atomic E-state index is 13.7. The fourth-order valence-corrected chi connectivity index (χ4v) is 5.95. The summed E-state index contributed by atoms with van der Waals surface area (Å²) in [6.07, 6.45) is 0.696. The lowest BCUT2D eigenvalue weighted by Crippen LogP contribution is -2.44. The van der Waals surface area contributed by atoms with E-state index in [1.54, 1.807) is 9.80 Å². The quantitative estimate of drug-likeness (QED) is 0.421. The first kappa shape index (κ1) is 29.4. The molecule has 1 N–H and O–H groups in total. The van der Waals surface area contributed by atoms with Crippen LogP contribution in [-0.2, 0) is 14.3 Å². The van der Waals surface area contributed by atoms with Gasteiger partial charge in [-0.25, -0.2) is 9.59 Å². The van der Waals surface area contributed by atoms with E-state index in [9.17, 15) is 19.5 Å². The molecule has 2 aliphatic rings. The third-order valence-electron chi connectivity index (χ3n) is 7.59. The molecule has 4 rings (SSSR count). The highest BCUT2D eigenvalue weighted by Crippen LogP contribution is 2.44. The summed E-state index contributed by atoms with van der Waals surface area (Å²) in [5, 5.41) is 9.23. The Hall–Kier alpha value is -3.55. The molecule has 1 aliphatic carbocycles. The summed E-state index contributed by atoms with van der Waals surface area (Å²) in [6.45, 7) is 11.1. The zero-order chi connectivity index (χ0) is 29.1. The first-order valence-corrected chi connectivity index (χ1v) is 14.2. The molecule has 1 fully saturated rings. The van der Waals surface area contributed by atoms with Crippen LogP contribution in [0.2, 0.25) is 0 Å². The lowest BCUT2D eigenvalue weighted by molar-refractivity contribution is -0.137. The van der Waals surface area contributed by atoms with E-state index in [-0.39, 0.29) is 43.0 Å². The van der Waals surface area contributed by atoms with E-state index >= 15 is 0 Å². The van der Waals surface area contributed by atoms with Crippen LogP contribution in [0.5, 0.6) is 0 Å². The highest BCUT2D eigenvalue weighted by Gasteiger charge is 2.38. The van der Waals surface area contributed by atoms with Crippen molar-refractivity contribution in [2.75, 3.05) is 26.2 Å². The molecule has 1 aliphatic heterocycles. The Morgan fingerprint density at radius 2 is 1.62 bits per heavy atom. The van der Waals surface area contributed by atoms with Gasteiger partial charge in [0.05, 0.1) is 0 Å². The first-order chi connectivity index (χ1) is 18.8. The number of hydrogen-bond acceptors (Lipinski definition) is 5. The Balaban J connectivity index is 1.51. The lowest BCUT2D eigenvalue weighted by atomic mass is 9.85. The van der Waals surface area contributed by atoms with Crippen LogP contribution in [0.15, 0.2) is 48.5 Å². The minimum absolute atomic E-state index is 0.0344. The summed E-state index contributed by atoms with van der Waals surface area (Å²) >= 11 is 0. The number of benzene rings is 2. The Morgan fingerprint density at radius 3 is 2.20 bits per heavy atom. The van der Waals surface area contributed by atoms with Gasteiger partial charge >= 0.3 is 18.2 Å². The minimum Gasteiger partial charge on any atom is -0.481 e. The van der Waals surface area contributed by atoms with Crippen LogP contribution in [0.25, 0.3) is 11.1 Å². The summed E-state index contributed by atoms with van der Waals surface area (Å²) in [6, 6.07) is 16.2. The number of carboxylic acids is 1. The number of carbonyl (C=O) groups excluding carboxylic acids is 2. The van der Waals surface area contributed by atoms with Gasteiger partial charge in [0, 0.05) is 38.0 Å². The Kier molecular flexibility index (Phi) is 8.76. The number of rotatable bonds is 7. The van der Waals surface area contributed by atoms with Crippen molar-refractivity contribution >= 4 is 18.2 Å². The van der Waals surface area contributed by atoms with Crippen molar-refractivity contribution in [2.24, 2.45) is 5.41 Å². The normalized spacial score (nSPS) is 18.3. The summed E-state index contributed by atoms with van der Waals surface area (Å²) in [4.78, 5) is 41.2. The van der Waals surface area contributed by atoms with Crippen molar-refractivity contribution in [2.45, 2.75) is 77.9 Å². The highest BCUT2D eigenvalue weighted by atomic mass is 16.6. The van der Waals surface area contributed by atoms with E-state index in [2.05, 4.69) is 38.1 Å². The topological polar surface area (TPSA) is 96.4 Å². The van der Waals surface area contributed by atoms with Gasteiger partial charge < -0.3 is 24.4 Å². The van der Waals surface area contributed by atoms with Crippen LogP contribution >= 0.6 is 0 Å². The number of fused-ring (bicyclic) bond motifs is 3. The molecule has 40 heavy (non-hydrogen) atoms. The summed E-state index contributed by atoms with van der Waals surface area (Å²) in [5.74, 6) is -0.963. The van der Waals surface area contributed by atoms with Gasteiger partial charge in [0.15, 0.2) is 0 Å². The van der Waals surface area contributed by atoms with Crippen LogP contribution in [0, 0.1) is 5.41 Å². The molecular formula is C32H42N2O6. The second kappa shape index (κ2) is 11.9. The van der Waals surface area contributed by atoms with Gasteiger partial charge in [0.2, 0.25) is 0 Å². The second-order valence-electron chi connectivity index (χ2n) is 12.7. The molecule has 0 saturated carbocycles. The van der Waals surface area contributed by atoms with Crippen LogP contribution in [0.3, 0.4) is 0 Å². The van der Waals surface area contributed by atoms with Crippen LogP contribution in [0.4, 0.5) is 9.59 Å². The summed E-state index contributed by atoms with van der Waals surface area (Å²) in [5.41, 5.74) is 3.70. The van der Waals surface area contributed by atoms with E-state index in [1.165, 1.54) is 0 Å². The molecular weight excluding hydrogens is 508 g/mol. The molecule has 2 aromatic carbocycles. The van der Waals surface area contributed by atoms with Gasteiger partial charge in [-0.05, 0) is 67.7 Å². The molecule has 0 bridgehead atoms. The monoisotopic (exact) mass is 550 g/mol. The number of aliphatic carboxylic acids is 1. The Bertz CT molecular complexity index is 1190. The van der Waals surface area contributed by atoms with E-state index in [4.69, 9.17) is 9.47 Å². The fourth-order valence-electron chi connectivity index (χ4n) is 5.95. The molecule has 8 heteroatoms. The number of hydrogen-bond donors (Lipinski definition) is 1. The number of likely N-dealkylation sites (tertiary alicyclic amines) is 1. The molecule has 0 spiro atoms. The van der Waals surface area contributed by atoms with Crippen LogP contribution in [0.1, 0.15) is 77.3 Å². The van der Waals surface area contributed by atoms with Gasteiger partial charge in [-0.1, -0.05) is 62.4 Å². The molecule has 1 atom stereocenters. The first-order valence-electron chi connectivity index (χ1n) is 14.2. The molecule has 2 aromatic rings. The zero-order valence-electron chi connectivity index (χ0n) is 24.3. The van der Waals surface area contributed by atoms with Crippen molar-refractivity contribution in [1.29, 1.82) is 0 Å². The molecule has 1 saturated heterocycles. The Labute approximate surface area is 237 Å². The van der Waals surface area contributed by atoms with Crippen LogP contribution < -0.4 is 0 Å². The second-order valence-corrected chi connectivity index (χ2v) is 12.7. The van der Waals surface area contributed by atoms with Crippen molar-refractivity contribution in [3.63, 3.8) is 0 Å². The SMILES string of the molecule is CC1(C)CC(N(CCCC(=O)O)C(=O)OCC2c3ccccc3-c3ccccc32)CCN(C(=O)OC(C)(C)C)C1. The zero-order valence-corrected chi connectivity index (χ0v) is 24.3. The lowest BCUT2D eigenvalue weighted by Gasteiger charge is -2.35. The molecule has 2 amide bonds. The molecule has 0 radical (unpaired) electrons. The number of carboxylic acid groups (broad SMARTS) is 1. The molecule has 0 aromatic heterocycles. The molecule has 1 heterocycles. The van der Waals surface area contributed by atoms with Crippen molar-refractivity contribution in [1.82, 2.24) is 9.80 Å². The number of amides is 2. The van der Waals surface area contributed by atoms with Crippen molar-refractivity contribution in [3.8, 4) is 11.1 Å². The molecule has 1 unspecified atom stereocenters. The van der Waals surface area contributed by atoms with Crippen molar-refractivity contribution < 1.29 is 29.0 Å². The van der Waals surface area contributed by atoms with Crippen LogP contribution in [-0.4, -0.2) is 70.9 Å². The van der Waals surface area contributed by atoms with Gasteiger partial charge in [0.1, 0.15) is 12.2 Å². The van der Waals surface area contributed by atoms with Crippen molar-refractivity contribution in [3.05, 3.63) is 59.7 Å². The van der Waals surface area contributed by atoms with Gasteiger partial charge in [0.25, 0.3) is 0 Å². The van der Waals surface area contributed by atoms with Gasteiger partial charge in [-0.15, -0.1) is 0 Å². The number of ether oxygens (including phenoxy) is 2. The predicted octanol–water partition coefficient (Wildman–Crippen LogP) is 6.53. The largest absolute Gasteiger partial charge is 0.481 e. The number of carbonyl (C=O) groups is 3. The van der Waals surface area contributed by atoms with Gasteiger partial charge in [-0.2, -0.15) is 0 Å². The maximum Gasteiger partial charge on any atom is 0.410 e. The van der Waals surface area contributed by atoms with Gasteiger partial charge in [-0.3, -0.25) is 4.79 Å². The Morgan fingerprint density at radius 1 is 1.02 bits per heavy atom. The highest BCUT2D eigenvalue weighted by molar-refractivity contribution is 5.79. The van der Waals surface area contributed by atoms with E-state index in [1.807, 2.05) is 45.0 Å². The smallest absolute Gasteiger partial charge is 0.410 e. The third kappa shape index (κ3) is 7.14. The molecule has 216 valence electrons. The van der Waals surface area contributed by atoms with E-state index < -0.39 is 17.7 Å². The standard InChI is InChI=1S/C32H42N2O6/c1-31(2,3)40-29(37)33-18-16-22(19-32(4,5)21-33)34(17-10-15-28(35)36)30(38)39-20-27-25-13-8-6-11-23(25)24-12-7-9-14-26(24)27/h6-9,11-14,22,27H,10,15-21H2,1-5H3,(H,35,36). The average molecular weight is 551 g/mol. The predicted molar refractivity (Wildman–Crippen MR) is 153 cm³/mol. The minimum atomic E-state index is -0.898.